The van der Waals surface area contributed by atoms with Crippen LogP contribution in [-0.2, 0) is 4.79 Å². The van der Waals surface area contributed by atoms with Crippen molar-refractivity contribution in [1.82, 2.24) is 4.90 Å². The number of hydrogen-bond acceptors (Lipinski definition) is 2. The number of nitrogens with two attached hydrogens (primary N) is 1. The SMILES string of the molecule is CC(N)C(=O)N(C)[C@@H](C)c1cccc(Cl)c1. The lowest BCUT2D eigenvalue weighted by Gasteiger charge is -2.27. The van der Waals surface area contributed by atoms with Crippen LogP contribution in [0.1, 0.15) is 25.5 Å². The predicted octanol–water partition coefficient (Wildman–Crippen LogP) is 2.21. The smallest absolute Gasteiger partial charge is 0.239 e. The van der Waals surface area contributed by atoms with Crippen LogP contribution in [0.3, 0.4) is 0 Å². The third kappa shape index (κ3) is 2.97. The van der Waals surface area contributed by atoms with Gasteiger partial charge in [-0.25, -0.2) is 0 Å². The highest BCUT2D eigenvalue weighted by atomic mass is 35.5. The summed E-state index contributed by atoms with van der Waals surface area (Å²) in [5.41, 5.74) is 6.57. The van der Waals surface area contributed by atoms with Crippen LogP contribution >= 0.6 is 11.6 Å². The molecule has 0 spiro atoms. The van der Waals surface area contributed by atoms with Gasteiger partial charge in [-0.1, -0.05) is 23.7 Å². The first-order valence-corrected chi connectivity index (χ1v) is 5.59. The third-order valence-corrected chi connectivity index (χ3v) is 2.88. The average Bonchev–Trinajstić information content (AvgIpc) is 2.26. The Labute approximate surface area is 101 Å². The molecule has 88 valence electrons. The average molecular weight is 241 g/mol. The van der Waals surface area contributed by atoms with Crippen LogP contribution in [0.25, 0.3) is 0 Å². The molecular formula is C12H17ClN2O. The fourth-order valence-electron chi connectivity index (χ4n) is 1.50. The fourth-order valence-corrected chi connectivity index (χ4v) is 1.70. The van der Waals surface area contributed by atoms with E-state index in [0.717, 1.165) is 5.56 Å². The monoisotopic (exact) mass is 240 g/mol. The molecule has 0 aliphatic heterocycles. The molecular weight excluding hydrogens is 224 g/mol. The van der Waals surface area contributed by atoms with Crippen molar-refractivity contribution in [2.24, 2.45) is 5.73 Å². The van der Waals surface area contributed by atoms with Gasteiger partial charge in [0.2, 0.25) is 5.91 Å². The molecule has 0 bridgehead atoms. The molecule has 1 aromatic carbocycles. The zero-order valence-electron chi connectivity index (χ0n) is 9.77. The first-order chi connectivity index (χ1) is 7.43. The Morgan fingerprint density at radius 2 is 2.06 bits per heavy atom. The van der Waals surface area contributed by atoms with Gasteiger partial charge in [-0.3, -0.25) is 4.79 Å². The lowest BCUT2D eigenvalue weighted by Crippen LogP contribution is -2.40. The van der Waals surface area contributed by atoms with E-state index in [1.165, 1.54) is 0 Å². The lowest BCUT2D eigenvalue weighted by molar-refractivity contribution is -0.132. The second-order valence-corrected chi connectivity index (χ2v) is 4.41. The molecule has 3 nitrogen and oxygen atoms in total. The molecule has 0 radical (unpaired) electrons. The van der Waals surface area contributed by atoms with Crippen LogP contribution in [0.2, 0.25) is 5.02 Å². The maximum atomic E-state index is 11.7. The van der Waals surface area contributed by atoms with Gasteiger partial charge in [-0.05, 0) is 31.5 Å². The Morgan fingerprint density at radius 1 is 1.44 bits per heavy atom. The minimum atomic E-state index is -0.480. The van der Waals surface area contributed by atoms with E-state index in [9.17, 15) is 4.79 Å². The highest BCUT2D eigenvalue weighted by Crippen LogP contribution is 2.22. The first-order valence-electron chi connectivity index (χ1n) is 5.21. The van der Waals surface area contributed by atoms with Crippen LogP contribution in [0, 0.1) is 0 Å². The fraction of sp³-hybridized carbons (Fsp3) is 0.417. The van der Waals surface area contributed by atoms with E-state index < -0.39 is 6.04 Å². The summed E-state index contributed by atoms with van der Waals surface area (Å²) >= 11 is 5.91. The molecule has 1 unspecified atom stereocenters. The summed E-state index contributed by atoms with van der Waals surface area (Å²) in [5.74, 6) is -0.0764. The van der Waals surface area contributed by atoms with E-state index in [1.54, 1.807) is 18.9 Å². The standard InChI is InChI=1S/C12H17ClN2O/c1-8(14)12(16)15(3)9(2)10-5-4-6-11(13)7-10/h4-9H,14H2,1-3H3/t8?,9-/m0/s1. The van der Waals surface area contributed by atoms with Gasteiger partial charge in [-0.2, -0.15) is 0 Å². The lowest BCUT2D eigenvalue weighted by atomic mass is 10.1. The highest BCUT2D eigenvalue weighted by Gasteiger charge is 2.19. The summed E-state index contributed by atoms with van der Waals surface area (Å²) in [6.45, 7) is 3.63. The van der Waals surface area contributed by atoms with Crippen molar-refractivity contribution in [2.75, 3.05) is 7.05 Å². The van der Waals surface area contributed by atoms with Gasteiger partial charge in [0.25, 0.3) is 0 Å². The molecule has 0 aliphatic carbocycles. The minimum absolute atomic E-state index is 0.0304. The van der Waals surface area contributed by atoms with Crippen molar-refractivity contribution in [1.29, 1.82) is 0 Å². The number of halogens is 1. The number of benzene rings is 1. The van der Waals surface area contributed by atoms with Crippen LogP contribution in [0.5, 0.6) is 0 Å². The Balaban J connectivity index is 2.85. The highest BCUT2D eigenvalue weighted by molar-refractivity contribution is 6.30. The molecule has 4 heteroatoms. The Hall–Kier alpha value is -1.06. The van der Waals surface area contributed by atoms with E-state index in [1.807, 2.05) is 31.2 Å². The molecule has 0 heterocycles. The largest absolute Gasteiger partial charge is 0.338 e. The number of carbonyl (C=O) groups is 1. The van der Waals surface area contributed by atoms with Crippen molar-refractivity contribution in [3.05, 3.63) is 34.9 Å². The number of hydrogen-bond donors (Lipinski definition) is 1. The van der Waals surface area contributed by atoms with Crippen molar-refractivity contribution in [3.8, 4) is 0 Å². The maximum absolute atomic E-state index is 11.7. The molecule has 0 aliphatic rings. The normalized spacial score (nSPS) is 14.3. The van der Waals surface area contributed by atoms with Crippen LogP contribution in [0.4, 0.5) is 0 Å². The molecule has 2 atom stereocenters. The zero-order valence-corrected chi connectivity index (χ0v) is 10.5. The van der Waals surface area contributed by atoms with Crippen LogP contribution < -0.4 is 5.73 Å². The predicted molar refractivity (Wildman–Crippen MR) is 66.3 cm³/mol. The summed E-state index contributed by atoms with van der Waals surface area (Å²) in [6.07, 6.45) is 0. The van der Waals surface area contributed by atoms with E-state index in [4.69, 9.17) is 17.3 Å². The summed E-state index contributed by atoms with van der Waals surface area (Å²) in [4.78, 5) is 13.3. The molecule has 16 heavy (non-hydrogen) atoms. The maximum Gasteiger partial charge on any atom is 0.239 e. The summed E-state index contributed by atoms with van der Waals surface area (Å²) in [5, 5.41) is 0.672. The second kappa shape index (κ2) is 5.32. The number of likely N-dealkylation sites (N-methyl/N-ethyl adjacent to an activating group) is 1. The molecule has 0 saturated carbocycles. The Kier molecular flexibility index (Phi) is 4.33. The summed E-state index contributed by atoms with van der Waals surface area (Å²) in [6, 6.07) is 6.98. The van der Waals surface area contributed by atoms with E-state index >= 15 is 0 Å². The number of nitrogens with zero attached hydrogens (tertiary/aromatic N) is 1. The third-order valence-electron chi connectivity index (χ3n) is 2.65. The molecule has 0 fully saturated rings. The number of rotatable bonds is 3. The van der Waals surface area contributed by atoms with E-state index in [-0.39, 0.29) is 11.9 Å². The Bertz CT molecular complexity index is 379. The Morgan fingerprint density at radius 3 is 2.56 bits per heavy atom. The van der Waals surface area contributed by atoms with Crippen LogP contribution in [-0.4, -0.2) is 23.9 Å². The molecule has 1 rings (SSSR count). The van der Waals surface area contributed by atoms with Gasteiger partial charge in [0.05, 0.1) is 12.1 Å². The number of amides is 1. The zero-order chi connectivity index (χ0) is 12.3. The molecule has 2 N–H and O–H groups in total. The summed E-state index contributed by atoms with van der Waals surface area (Å²) < 4.78 is 0. The second-order valence-electron chi connectivity index (χ2n) is 3.97. The van der Waals surface area contributed by atoms with Gasteiger partial charge in [0.1, 0.15) is 0 Å². The van der Waals surface area contributed by atoms with Gasteiger partial charge >= 0.3 is 0 Å². The molecule has 0 aromatic heterocycles. The first kappa shape index (κ1) is 13.0. The van der Waals surface area contributed by atoms with E-state index in [2.05, 4.69) is 0 Å². The summed E-state index contributed by atoms with van der Waals surface area (Å²) in [7, 11) is 1.75. The van der Waals surface area contributed by atoms with E-state index in [0.29, 0.717) is 5.02 Å². The minimum Gasteiger partial charge on any atom is -0.338 e. The van der Waals surface area contributed by atoms with Crippen molar-refractivity contribution in [3.63, 3.8) is 0 Å². The molecule has 0 saturated heterocycles. The quantitative estimate of drug-likeness (QED) is 0.881. The topological polar surface area (TPSA) is 46.3 Å². The molecule has 1 amide bonds. The van der Waals surface area contributed by atoms with Gasteiger partial charge in [0.15, 0.2) is 0 Å². The van der Waals surface area contributed by atoms with Gasteiger partial charge in [0, 0.05) is 12.1 Å². The number of carbonyl (C=O) groups excluding carboxylic acids is 1. The van der Waals surface area contributed by atoms with Gasteiger partial charge in [-0.15, -0.1) is 0 Å². The van der Waals surface area contributed by atoms with Crippen molar-refractivity contribution < 1.29 is 4.79 Å². The molecule has 1 aromatic rings. The van der Waals surface area contributed by atoms with Gasteiger partial charge < -0.3 is 10.6 Å². The van der Waals surface area contributed by atoms with Crippen molar-refractivity contribution >= 4 is 17.5 Å². The van der Waals surface area contributed by atoms with Crippen LogP contribution in [0.15, 0.2) is 24.3 Å². The van der Waals surface area contributed by atoms with Crippen molar-refractivity contribution in [2.45, 2.75) is 25.9 Å².